The van der Waals surface area contributed by atoms with Gasteiger partial charge in [0.1, 0.15) is 5.69 Å². The van der Waals surface area contributed by atoms with Gasteiger partial charge in [0.05, 0.1) is 17.8 Å². The van der Waals surface area contributed by atoms with Gasteiger partial charge in [0.2, 0.25) is 11.7 Å². The van der Waals surface area contributed by atoms with Crippen molar-refractivity contribution >= 4 is 5.91 Å². The van der Waals surface area contributed by atoms with Crippen molar-refractivity contribution in [3.8, 4) is 17.6 Å². The third-order valence-electron chi connectivity index (χ3n) is 4.89. The molecule has 0 radical (unpaired) electrons. The molecule has 3 heterocycles. The largest absolute Gasteiger partial charge is 0.339 e. The van der Waals surface area contributed by atoms with Crippen LogP contribution in [0.5, 0.6) is 0 Å². The molecule has 8 nitrogen and oxygen atoms in total. The van der Waals surface area contributed by atoms with Crippen LogP contribution in [0.25, 0.3) is 11.5 Å². The Kier molecular flexibility index (Phi) is 5.06. The third-order valence-corrected chi connectivity index (χ3v) is 4.89. The van der Waals surface area contributed by atoms with E-state index in [4.69, 9.17) is 9.78 Å². The van der Waals surface area contributed by atoms with Crippen LogP contribution in [0, 0.1) is 17.2 Å². The number of piperidine rings is 1. The first-order valence-corrected chi connectivity index (χ1v) is 9.11. The number of aromatic nitrogens is 4. The topological polar surface area (TPSA) is 109 Å². The lowest BCUT2D eigenvalue weighted by molar-refractivity contribution is 0.0687. The maximum atomic E-state index is 12.6. The Balaban J connectivity index is 1.32. The van der Waals surface area contributed by atoms with Gasteiger partial charge in [-0.1, -0.05) is 5.16 Å². The summed E-state index contributed by atoms with van der Waals surface area (Å²) in [6.45, 7) is 1.38. The first-order valence-electron chi connectivity index (χ1n) is 9.11. The van der Waals surface area contributed by atoms with Gasteiger partial charge >= 0.3 is 0 Å². The Morgan fingerprint density at radius 3 is 2.68 bits per heavy atom. The van der Waals surface area contributed by atoms with Crippen LogP contribution >= 0.6 is 0 Å². The molecule has 3 aromatic rings. The number of hydrogen-bond donors (Lipinski definition) is 0. The molecule has 140 valence electrons. The van der Waals surface area contributed by atoms with Gasteiger partial charge in [-0.3, -0.25) is 9.78 Å². The monoisotopic (exact) mass is 374 g/mol. The van der Waals surface area contributed by atoms with Gasteiger partial charge in [0.25, 0.3) is 5.91 Å². The zero-order chi connectivity index (χ0) is 19.3. The average molecular weight is 374 g/mol. The third kappa shape index (κ3) is 3.88. The van der Waals surface area contributed by atoms with Crippen molar-refractivity contribution in [3.05, 3.63) is 59.9 Å². The van der Waals surface area contributed by atoms with E-state index < -0.39 is 0 Å². The number of benzene rings is 1. The van der Waals surface area contributed by atoms with E-state index in [1.807, 2.05) is 4.90 Å². The first-order chi connectivity index (χ1) is 13.7. The van der Waals surface area contributed by atoms with Crippen LogP contribution in [-0.2, 0) is 6.42 Å². The molecule has 0 aliphatic carbocycles. The number of rotatable bonds is 4. The average Bonchev–Trinajstić information content (AvgIpc) is 3.23. The zero-order valence-corrected chi connectivity index (χ0v) is 15.2. The molecular formula is C20H18N6O2. The lowest BCUT2D eigenvalue weighted by Crippen LogP contribution is -2.38. The molecule has 1 aliphatic heterocycles. The van der Waals surface area contributed by atoms with E-state index in [9.17, 15) is 4.79 Å². The highest BCUT2D eigenvalue weighted by molar-refractivity contribution is 5.94. The summed E-state index contributed by atoms with van der Waals surface area (Å²) in [4.78, 5) is 27.1. The molecule has 1 aliphatic rings. The van der Waals surface area contributed by atoms with E-state index >= 15 is 0 Å². The minimum absolute atomic E-state index is 0.00525. The second-order valence-corrected chi connectivity index (χ2v) is 6.73. The minimum atomic E-state index is 0.00525. The normalized spacial score (nSPS) is 14.6. The molecular weight excluding hydrogens is 356 g/mol. The maximum Gasteiger partial charge on any atom is 0.253 e. The summed E-state index contributed by atoms with van der Waals surface area (Å²) in [5.41, 5.74) is 1.75. The fourth-order valence-electron chi connectivity index (χ4n) is 3.31. The smallest absolute Gasteiger partial charge is 0.253 e. The van der Waals surface area contributed by atoms with Crippen LogP contribution in [0.3, 0.4) is 0 Å². The molecule has 8 heteroatoms. The quantitative estimate of drug-likeness (QED) is 0.690. The molecule has 1 amide bonds. The fourth-order valence-corrected chi connectivity index (χ4v) is 3.31. The van der Waals surface area contributed by atoms with Crippen molar-refractivity contribution in [2.75, 3.05) is 13.1 Å². The molecule has 28 heavy (non-hydrogen) atoms. The number of hydrogen-bond acceptors (Lipinski definition) is 7. The minimum Gasteiger partial charge on any atom is -0.339 e. The summed E-state index contributed by atoms with van der Waals surface area (Å²) in [6.07, 6.45) is 7.23. The Bertz CT molecular complexity index is 986. The van der Waals surface area contributed by atoms with Crippen molar-refractivity contribution in [2.24, 2.45) is 5.92 Å². The number of nitriles is 1. The molecule has 0 N–H and O–H groups in total. The van der Waals surface area contributed by atoms with E-state index in [0.29, 0.717) is 54.0 Å². The second kappa shape index (κ2) is 7.96. The van der Waals surface area contributed by atoms with Crippen molar-refractivity contribution in [2.45, 2.75) is 19.3 Å². The Labute approximate surface area is 161 Å². The van der Waals surface area contributed by atoms with E-state index in [0.717, 1.165) is 12.8 Å². The highest BCUT2D eigenvalue weighted by Crippen LogP contribution is 2.23. The van der Waals surface area contributed by atoms with E-state index in [1.165, 1.54) is 0 Å². The highest BCUT2D eigenvalue weighted by Gasteiger charge is 2.25. The molecule has 4 rings (SSSR count). The van der Waals surface area contributed by atoms with E-state index in [2.05, 4.69) is 26.2 Å². The first kappa shape index (κ1) is 17.8. The molecule has 1 fully saturated rings. The van der Waals surface area contributed by atoms with Crippen LogP contribution < -0.4 is 0 Å². The van der Waals surface area contributed by atoms with Gasteiger partial charge in [-0.05, 0) is 43.0 Å². The Morgan fingerprint density at radius 1 is 1.21 bits per heavy atom. The molecule has 0 saturated carbocycles. The van der Waals surface area contributed by atoms with Crippen LogP contribution in [0.15, 0.2) is 47.4 Å². The lowest BCUT2D eigenvalue weighted by Gasteiger charge is -2.31. The summed E-state index contributed by atoms with van der Waals surface area (Å²) in [6, 6.07) is 8.82. The molecule has 0 atom stereocenters. The zero-order valence-electron chi connectivity index (χ0n) is 15.2. The fraction of sp³-hybridized carbons (Fsp3) is 0.300. The number of carbonyl (C=O) groups is 1. The molecule has 0 bridgehead atoms. The van der Waals surface area contributed by atoms with Crippen LogP contribution in [-0.4, -0.2) is 44.0 Å². The van der Waals surface area contributed by atoms with Gasteiger partial charge in [-0.15, -0.1) is 0 Å². The van der Waals surface area contributed by atoms with Gasteiger partial charge < -0.3 is 9.42 Å². The van der Waals surface area contributed by atoms with Crippen LogP contribution in [0.1, 0.15) is 34.7 Å². The van der Waals surface area contributed by atoms with Gasteiger partial charge in [0.15, 0.2) is 0 Å². The molecule has 0 unspecified atom stereocenters. The van der Waals surface area contributed by atoms with Crippen LogP contribution in [0.2, 0.25) is 0 Å². The maximum absolute atomic E-state index is 12.6. The lowest BCUT2D eigenvalue weighted by atomic mass is 9.93. The molecule has 1 saturated heterocycles. The molecule has 2 aromatic heterocycles. The Morgan fingerprint density at radius 2 is 2.00 bits per heavy atom. The number of carbonyl (C=O) groups excluding carboxylic acids is 1. The standard InChI is InChI=1S/C20H18N6O2/c21-12-15-1-3-16(4-2-15)20(27)26-9-5-14(6-10-26)11-18-24-19(25-28-18)17-13-22-7-8-23-17/h1-4,7-8,13-14H,5-6,9-11H2. The van der Waals surface area contributed by atoms with Gasteiger partial charge in [0, 0.05) is 37.5 Å². The number of amides is 1. The van der Waals surface area contributed by atoms with Crippen molar-refractivity contribution in [1.82, 2.24) is 25.0 Å². The van der Waals surface area contributed by atoms with Crippen molar-refractivity contribution < 1.29 is 9.32 Å². The summed E-state index contributed by atoms with van der Waals surface area (Å²) in [7, 11) is 0. The summed E-state index contributed by atoms with van der Waals surface area (Å²) < 4.78 is 5.35. The summed E-state index contributed by atoms with van der Waals surface area (Å²) in [5, 5.41) is 12.8. The van der Waals surface area contributed by atoms with Crippen molar-refractivity contribution in [1.29, 1.82) is 5.26 Å². The number of likely N-dealkylation sites (tertiary alicyclic amines) is 1. The van der Waals surface area contributed by atoms with E-state index in [1.54, 1.807) is 42.9 Å². The summed E-state index contributed by atoms with van der Waals surface area (Å²) in [5.74, 6) is 1.42. The predicted octanol–water partition coefficient (Wildman–Crippen LogP) is 2.49. The second-order valence-electron chi connectivity index (χ2n) is 6.73. The highest BCUT2D eigenvalue weighted by atomic mass is 16.5. The van der Waals surface area contributed by atoms with E-state index in [-0.39, 0.29) is 5.91 Å². The summed E-state index contributed by atoms with van der Waals surface area (Å²) >= 11 is 0. The molecule has 1 aromatic carbocycles. The molecule has 0 spiro atoms. The number of nitrogens with zero attached hydrogens (tertiary/aromatic N) is 6. The SMILES string of the molecule is N#Cc1ccc(C(=O)N2CCC(Cc3nc(-c4cnccn4)no3)CC2)cc1. The van der Waals surface area contributed by atoms with Crippen LogP contribution in [0.4, 0.5) is 0 Å². The van der Waals surface area contributed by atoms with Crippen molar-refractivity contribution in [3.63, 3.8) is 0 Å². The predicted molar refractivity (Wildman–Crippen MR) is 98.8 cm³/mol. The Hall–Kier alpha value is -3.60. The van der Waals surface area contributed by atoms with Gasteiger partial charge in [-0.2, -0.15) is 10.2 Å². The van der Waals surface area contributed by atoms with Gasteiger partial charge in [-0.25, -0.2) is 4.98 Å².